The molecule has 0 aliphatic heterocycles. The van der Waals surface area contributed by atoms with Gasteiger partial charge < -0.3 is 15.8 Å². The summed E-state index contributed by atoms with van der Waals surface area (Å²) >= 11 is 0. The van der Waals surface area contributed by atoms with Crippen LogP contribution in [0.3, 0.4) is 0 Å². The second kappa shape index (κ2) is 7.68. The summed E-state index contributed by atoms with van der Waals surface area (Å²) in [6, 6.07) is 7.73. The largest absolute Gasteiger partial charge is 0.494 e. The lowest BCUT2D eigenvalue weighted by atomic mass is 10.2. The Labute approximate surface area is 102 Å². The van der Waals surface area contributed by atoms with Gasteiger partial charge in [0.2, 0.25) is 5.91 Å². The molecule has 1 aromatic carbocycles. The van der Waals surface area contributed by atoms with E-state index in [-0.39, 0.29) is 5.91 Å². The Morgan fingerprint density at radius 2 is 2.29 bits per heavy atom. The Kier molecular flexibility index (Phi) is 6.10. The fraction of sp³-hybridized carbons (Fsp3) is 0.462. The second-order valence-electron chi connectivity index (χ2n) is 3.75. The van der Waals surface area contributed by atoms with E-state index in [1.165, 1.54) is 0 Å². The van der Waals surface area contributed by atoms with Crippen LogP contribution in [0.1, 0.15) is 25.3 Å². The maximum Gasteiger partial charge on any atom is 0.220 e. The number of nitrogens with two attached hydrogens (primary N) is 1. The van der Waals surface area contributed by atoms with Crippen molar-refractivity contribution in [2.24, 2.45) is 5.73 Å². The average Bonchev–Trinajstić information content (AvgIpc) is 2.35. The maximum atomic E-state index is 11.4. The Hall–Kier alpha value is -1.55. The molecule has 4 heteroatoms. The van der Waals surface area contributed by atoms with Gasteiger partial charge in [0.05, 0.1) is 6.61 Å². The third-order valence-corrected chi connectivity index (χ3v) is 2.31. The lowest BCUT2D eigenvalue weighted by molar-refractivity contribution is -0.121. The Balaban J connectivity index is 2.40. The highest BCUT2D eigenvalue weighted by Crippen LogP contribution is 2.12. The zero-order valence-electron chi connectivity index (χ0n) is 10.2. The molecule has 0 bridgehead atoms. The summed E-state index contributed by atoms with van der Waals surface area (Å²) < 4.78 is 5.39. The van der Waals surface area contributed by atoms with E-state index in [9.17, 15) is 4.79 Å². The normalized spacial score (nSPS) is 10.0. The molecule has 17 heavy (non-hydrogen) atoms. The number of ether oxygens (including phenoxy) is 1. The lowest BCUT2D eigenvalue weighted by Crippen LogP contribution is -2.23. The molecule has 0 atom stereocenters. The third kappa shape index (κ3) is 5.36. The van der Waals surface area contributed by atoms with Crippen LogP contribution in [0.2, 0.25) is 0 Å². The highest BCUT2D eigenvalue weighted by Gasteiger charge is 2.01. The summed E-state index contributed by atoms with van der Waals surface area (Å²) in [6.45, 7) is 3.67. The van der Waals surface area contributed by atoms with Gasteiger partial charge in [0, 0.05) is 13.0 Å². The molecule has 4 nitrogen and oxygen atoms in total. The van der Waals surface area contributed by atoms with E-state index in [1.54, 1.807) is 0 Å². The molecular weight excluding hydrogens is 216 g/mol. The summed E-state index contributed by atoms with van der Waals surface area (Å²) in [4.78, 5) is 11.4. The highest BCUT2D eigenvalue weighted by molar-refractivity contribution is 5.75. The Morgan fingerprint density at radius 3 is 3.00 bits per heavy atom. The number of hydrogen-bond donors (Lipinski definition) is 2. The third-order valence-electron chi connectivity index (χ3n) is 2.31. The van der Waals surface area contributed by atoms with Gasteiger partial charge in [0.15, 0.2) is 0 Å². The van der Waals surface area contributed by atoms with Crippen LogP contribution in [0.4, 0.5) is 0 Å². The lowest BCUT2D eigenvalue weighted by Gasteiger charge is -2.07. The SMILES string of the molecule is CCOc1cccc(CNC(=O)CCCN)c1. The summed E-state index contributed by atoms with van der Waals surface area (Å²) in [7, 11) is 0. The molecule has 0 aliphatic rings. The second-order valence-corrected chi connectivity index (χ2v) is 3.75. The zero-order valence-corrected chi connectivity index (χ0v) is 10.2. The van der Waals surface area contributed by atoms with Crippen LogP contribution in [0.15, 0.2) is 24.3 Å². The monoisotopic (exact) mass is 236 g/mol. The molecule has 0 spiro atoms. The van der Waals surface area contributed by atoms with Crippen LogP contribution in [0.25, 0.3) is 0 Å². The van der Waals surface area contributed by atoms with Crippen molar-refractivity contribution >= 4 is 5.91 Å². The van der Waals surface area contributed by atoms with Gasteiger partial charge >= 0.3 is 0 Å². The van der Waals surface area contributed by atoms with Crippen LogP contribution >= 0.6 is 0 Å². The van der Waals surface area contributed by atoms with Gasteiger partial charge in [-0.25, -0.2) is 0 Å². The minimum Gasteiger partial charge on any atom is -0.494 e. The number of benzene rings is 1. The molecule has 1 rings (SSSR count). The molecular formula is C13H20N2O2. The van der Waals surface area contributed by atoms with E-state index in [0.29, 0.717) is 26.1 Å². The van der Waals surface area contributed by atoms with E-state index < -0.39 is 0 Å². The van der Waals surface area contributed by atoms with Crippen molar-refractivity contribution in [3.05, 3.63) is 29.8 Å². The van der Waals surface area contributed by atoms with Crippen LogP contribution in [0.5, 0.6) is 5.75 Å². The fourth-order valence-electron chi connectivity index (χ4n) is 1.46. The first kappa shape index (κ1) is 13.5. The van der Waals surface area contributed by atoms with Crippen LogP contribution < -0.4 is 15.8 Å². The molecule has 0 fully saturated rings. The van der Waals surface area contributed by atoms with E-state index in [1.807, 2.05) is 31.2 Å². The van der Waals surface area contributed by atoms with Gasteiger partial charge in [-0.3, -0.25) is 4.79 Å². The van der Waals surface area contributed by atoms with Crippen LogP contribution in [-0.4, -0.2) is 19.1 Å². The predicted octanol–water partition coefficient (Wildman–Crippen LogP) is 1.44. The van der Waals surface area contributed by atoms with Crippen LogP contribution in [0, 0.1) is 0 Å². The average molecular weight is 236 g/mol. The fourth-order valence-corrected chi connectivity index (χ4v) is 1.46. The summed E-state index contributed by atoms with van der Waals surface area (Å²) in [5.74, 6) is 0.874. The number of carbonyl (C=O) groups is 1. The van der Waals surface area contributed by atoms with Gasteiger partial charge in [0.1, 0.15) is 5.75 Å². The topological polar surface area (TPSA) is 64.3 Å². The molecule has 0 heterocycles. The minimum atomic E-state index is 0.0391. The zero-order chi connectivity index (χ0) is 12.5. The van der Waals surface area contributed by atoms with Crippen molar-refractivity contribution in [2.75, 3.05) is 13.2 Å². The van der Waals surface area contributed by atoms with Crippen molar-refractivity contribution in [3.8, 4) is 5.75 Å². The molecule has 3 N–H and O–H groups in total. The number of nitrogens with one attached hydrogen (secondary N) is 1. The molecule has 1 amide bonds. The molecule has 0 radical (unpaired) electrons. The summed E-state index contributed by atoms with van der Waals surface area (Å²) in [5.41, 5.74) is 6.38. The quantitative estimate of drug-likeness (QED) is 0.753. The first-order chi connectivity index (χ1) is 8.26. The van der Waals surface area contributed by atoms with Gasteiger partial charge in [-0.05, 0) is 37.6 Å². The van der Waals surface area contributed by atoms with Crippen molar-refractivity contribution in [2.45, 2.75) is 26.3 Å². The summed E-state index contributed by atoms with van der Waals surface area (Å²) in [6.07, 6.45) is 1.21. The van der Waals surface area contributed by atoms with Crippen molar-refractivity contribution < 1.29 is 9.53 Å². The van der Waals surface area contributed by atoms with Crippen LogP contribution in [-0.2, 0) is 11.3 Å². The molecule has 0 saturated heterocycles. The summed E-state index contributed by atoms with van der Waals surface area (Å²) in [5, 5.41) is 2.85. The smallest absolute Gasteiger partial charge is 0.220 e. The van der Waals surface area contributed by atoms with Gasteiger partial charge in [-0.2, -0.15) is 0 Å². The first-order valence-corrected chi connectivity index (χ1v) is 5.94. The van der Waals surface area contributed by atoms with E-state index >= 15 is 0 Å². The maximum absolute atomic E-state index is 11.4. The van der Waals surface area contributed by atoms with E-state index in [2.05, 4.69) is 5.32 Å². The molecule has 0 saturated carbocycles. The number of carbonyl (C=O) groups excluding carboxylic acids is 1. The Morgan fingerprint density at radius 1 is 1.47 bits per heavy atom. The van der Waals surface area contributed by atoms with Crippen molar-refractivity contribution in [1.82, 2.24) is 5.32 Å². The predicted molar refractivity (Wildman–Crippen MR) is 67.7 cm³/mol. The minimum absolute atomic E-state index is 0.0391. The number of hydrogen-bond acceptors (Lipinski definition) is 3. The number of rotatable bonds is 7. The van der Waals surface area contributed by atoms with Gasteiger partial charge in [-0.15, -0.1) is 0 Å². The van der Waals surface area contributed by atoms with E-state index in [0.717, 1.165) is 17.7 Å². The molecule has 0 aromatic heterocycles. The molecule has 1 aromatic rings. The van der Waals surface area contributed by atoms with Gasteiger partial charge in [0.25, 0.3) is 0 Å². The molecule has 0 unspecified atom stereocenters. The number of amides is 1. The van der Waals surface area contributed by atoms with Crippen molar-refractivity contribution in [1.29, 1.82) is 0 Å². The molecule has 0 aliphatic carbocycles. The molecule has 94 valence electrons. The highest BCUT2D eigenvalue weighted by atomic mass is 16.5. The standard InChI is InChI=1S/C13H20N2O2/c1-2-17-12-6-3-5-11(9-12)10-15-13(16)7-4-8-14/h3,5-6,9H,2,4,7-8,10,14H2,1H3,(H,15,16). The Bertz CT molecular complexity index is 353. The van der Waals surface area contributed by atoms with Crippen molar-refractivity contribution in [3.63, 3.8) is 0 Å². The first-order valence-electron chi connectivity index (χ1n) is 5.94. The van der Waals surface area contributed by atoms with Gasteiger partial charge in [-0.1, -0.05) is 12.1 Å². The van der Waals surface area contributed by atoms with E-state index in [4.69, 9.17) is 10.5 Å².